The number of ether oxygens (including phenoxy) is 1. The van der Waals surface area contributed by atoms with Crippen LogP contribution in [0, 0.1) is 0 Å². The first-order valence-electron chi connectivity index (χ1n) is 5.07. The summed E-state index contributed by atoms with van der Waals surface area (Å²) in [6, 6.07) is 6.36. The summed E-state index contributed by atoms with van der Waals surface area (Å²) in [5.74, 6) is 0.320. The predicted octanol–water partition coefficient (Wildman–Crippen LogP) is 1.85. The lowest BCUT2D eigenvalue weighted by Crippen LogP contribution is -2.30. The second-order valence-corrected chi connectivity index (χ2v) is 5.50. The summed E-state index contributed by atoms with van der Waals surface area (Å²) in [7, 11) is -2.73. The molecule has 0 saturated carbocycles. The van der Waals surface area contributed by atoms with Crippen molar-refractivity contribution in [3.8, 4) is 0 Å². The number of carbonyl (C=O) groups excluding carboxylic acids is 1. The predicted molar refractivity (Wildman–Crippen MR) is 63.3 cm³/mol. The third-order valence-electron chi connectivity index (χ3n) is 2.26. The largest absolute Gasteiger partial charge is 0.452 e. The van der Waals surface area contributed by atoms with Crippen LogP contribution in [-0.2, 0) is 14.8 Å². The van der Waals surface area contributed by atoms with E-state index in [0.717, 1.165) is 12.7 Å². The molecule has 0 aliphatic heterocycles. The van der Waals surface area contributed by atoms with Crippen LogP contribution in [-0.4, -0.2) is 21.6 Å². The molecule has 0 aliphatic rings. The van der Waals surface area contributed by atoms with Gasteiger partial charge in [-0.3, -0.25) is 0 Å². The second kappa shape index (κ2) is 5.18. The number of carbonyl (C=O) groups is 1. The van der Waals surface area contributed by atoms with Crippen LogP contribution in [0.3, 0.4) is 0 Å². The molecule has 94 valence electrons. The van der Waals surface area contributed by atoms with E-state index in [1.165, 1.54) is 12.1 Å². The summed E-state index contributed by atoms with van der Waals surface area (Å²) >= 11 is 0. The maximum atomic E-state index is 11.7. The van der Waals surface area contributed by atoms with Crippen molar-refractivity contribution in [1.29, 1.82) is 0 Å². The second-order valence-electron chi connectivity index (χ2n) is 3.82. The highest BCUT2D eigenvalue weighted by molar-refractivity contribution is 7.90. The molecule has 1 N–H and O–H groups in total. The van der Waals surface area contributed by atoms with Gasteiger partial charge >= 0.3 is 6.09 Å². The summed E-state index contributed by atoms with van der Waals surface area (Å²) in [5.41, 5.74) is 1.03. The van der Waals surface area contributed by atoms with Crippen molar-refractivity contribution >= 4 is 16.1 Å². The van der Waals surface area contributed by atoms with Crippen LogP contribution in [0.4, 0.5) is 4.79 Å². The Bertz CT molecular complexity index is 491. The van der Waals surface area contributed by atoms with Crippen molar-refractivity contribution in [2.75, 3.05) is 7.11 Å². The molecule has 1 aromatic carbocycles. The summed E-state index contributed by atoms with van der Waals surface area (Å²) < 4.78 is 29.4. The van der Waals surface area contributed by atoms with Gasteiger partial charge in [-0.1, -0.05) is 26.0 Å². The lowest BCUT2D eigenvalue weighted by molar-refractivity contribution is 0.177. The fourth-order valence-corrected chi connectivity index (χ4v) is 2.16. The van der Waals surface area contributed by atoms with Gasteiger partial charge in [-0.25, -0.2) is 17.9 Å². The fourth-order valence-electron chi connectivity index (χ4n) is 1.24. The number of methoxy groups -OCH3 is 1. The highest BCUT2D eigenvalue weighted by Crippen LogP contribution is 2.17. The summed E-state index contributed by atoms with van der Waals surface area (Å²) in [5, 5.41) is 0. The minimum absolute atomic E-state index is 0.0345. The van der Waals surface area contributed by atoms with Crippen molar-refractivity contribution in [1.82, 2.24) is 4.72 Å². The molecule has 1 amide bonds. The van der Waals surface area contributed by atoms with Crippen molar-refractivity contribution in [2.24, 2.45) is 0 Å². The van der Waals surface area contributed by atoms with Gasteiger partial charge in [0.05, 0.1) is 12.0 Å². The Morgan fingerprint density at radius 2 is 1.76 bits per heavy atom. The van der Waals surface area contributed by atoms with Gasteiger partial charge < -0.3 is 4.74 Å². The molecule has 0 bridgehead atoms. The first-order chi connectivity index (χ1) is 7.86. The quantitative estimate of drug-likeness (QED) is 0.897. The molecule has 0 saturated heterocycles. The Labute approximate surface area is 101 Å². The monoisotopic (exact) mass is 257 g/mol. The zero-order chi connectivity index (χ0) is 13.1. The maximum Gasteiger partial charge on any atom is 0.420 e. The Kier molecular flexibility index (Phi) is 4.11. The van der Waals surface area contributed by atoms with Crippen molar-refractivity contribution in [2.45, 2.75) is 24.7 Å². The van der Waals surface area contributed by atoms with Crippen molar-refractivity contribution in [3.05, 3.63) is 29.8 Å². The molecule has 1 aromatic rings. The average molecular weight is 257 g/mol. The van der Waals surface area contributed by atoms with E-state index in [0.29, 0.717) is 5.92 Å². The number of hydrogen-bond donors (Lipinski definition) is 1. The van der Waals surface area contributed by atoms with E-state index in [9.17, 15) is 13.2 Å². The van der Waals surface area contributed by atoms with Crippen LogP contribution >= 0.6 is 0 Å². The minimum Gasteiger partial charge on any atom is -0.452 e. The molecule has 0 radical (unpaired) electrons. The normalized spacial score (nSPS) is 11.3. The molecular formula is C11H15NO4S. The van der Waals surface area contributed by atoms with Gasteiger partial charge in [0.1, 0.15) is 0 Å². The number of amides is 1. The molecule has 5 nitrogen and oxygen atoms in total. The molecule has 0 spiro atoms. The molecule has 0 heterocycles. The number of rotatable bonds is 3. The highest BCUT2D eigenvalue weighted by atomic mass is 32.2. The van der Waals surface area contributed by atoms with Crippen LogP contribution in [0.15, 0.2) is 29.2 Å². The van der Waals surface area contributed by atoms with Crippen LogP contribution in [0.2, 0.25) is 0 Å². The highest BCUT2D eigenvalue weighted by Gasteiger charge is 2.17. The first-order valence-corrected chi connectivity index (χ1v) is 6.56. The number of benzene rings is 1. The fraction of sp³-hybridized carbons (Fsp3) is 0.364. The van der Waals surface area contributed by atoms with E-state index < -0.39 is 16.1 Å². The van der Waals surface area contributed by atoms with Crippen molar-refractivity contribution < 1.29 is 17.9 Å². The van der Waals surface area contributed by atoms with Crippen LogP contribution < -0.4 is 4.72 Å². The van der Waals surface area contributed by atoms with E-state index in [1.54, 1.807) is 16.9 Å². The molecule has 1 rings (SSSR count). The molecule has 0 aliphatic carbocycles. The Balaban J connectivity index is 2.96. The van der Waals surface area contributed by atoms with Crippen LogP contribution in [0.5, 0.6) is 0 Å². The van der Waals surface area contributed by atoms with Gasteiger partial charge in [0.25, 0.3) is 10.0 Å². The van der Waals surface area contributed by atoms with Crippen LogP contribution in [0.1, 0.15) is 25.3 Å². The first kappa shape index (κ1) is 13.5. The third kappa shape index (κ3) is 3.45. The van der Waals surface area contributed by atoms with E-state index in [4.69, 9.17) is 0 Å². The number of nitrogens with one attached hydrogen (secondary N) is 1. The van der Waals surface area contributed by atoms with Gasteiger partial charge in [-0.2, -0.15) is 0 Å². The third-order valence-corrected chi connectivity index (χ3v) is 3.59. The topological polar surface area (TPSA) is 72.5 Å². The van der Waals surface area contributed by atoms with E-state index in [2.05, 4.69) is 4.74 Å². The van der Waals surface area contributed by atoms with E-state index >= 15 is 0 Å². The van der Waals surface area contributed by atoms with Crippen molar-refractivity contribution in [3.63, 3.8) is 0 Å². The zero-order valence-electron chi connectivity index (χ0n) is 9.93. The Morgan fingerprint density at radius 1 is 1.24 bits per heavy atom. The maximum absolute atomic E-state index is 11.7. The van der Waals surface area contributed by atoms with Gasteiger partial charge in [0.15, 0.2) is 0 Å². The molecule has 0 unspecified atom stereocenters. The SMILES string of the molecule is COC(=O)NS(=O)(=O)c1ccc(C(C)C)cc1. The minimum atomic E-state index is -3.84. The molecule has 0 fully saturated rings. The molecule has 0 atom stereocenters. The average Bonchev–Trinajstić information content (AvgIpc) is 2.28. The summed E-state index contributed by atoms with van der Waals surface area (Å²) in [4.78, 5) is 10.9. The lowest BCUT2D eigenvalue weighted by Gasteiger charge is -2.08. The van der Waals surface area contributed by atoms with E-state index in [-0.39, 0.29) is 4.90 Å². The molecule has 17 heavy (non-hydrogen) atoms. The van der Waals surface area contributed by atoms with E-state index in [1.807, 2.05) is 13.8 Å². The Hall–Kier alpha value is -1.56. The van der Waals surface area contributed by atoms with Crippen LogP contribution in [0.25, 0.3) is 0 Å². The molecular weight excluding hydrogens is 242 g/mol. The lowest BCUT2D eigenvalue weighted by atomic mass is 10.0. The van der Waals surface area contributed by atoms with Gasteiger partial charge in [-0.15, -0.1) is 0 Å². The summed E-state index contributed by atoms with van der Waals surface area (Å²) in [6.07, 6.45) is -1.00. The van der Waals surface area contributed by atoms with Gasteiger partial charge in [0.2, 0.25) is 0 Å². The van der Waals surface area contributed by atoms with Gasteiger partial charge in [-0.05, 0) is 23.6 Å². The standard InChI is InChI=1S/C11H15NO4S/c1-8(2)9-4-6-10(7-5-9)17(14,15)12-11(13)16-3/h4-8H,1-3H3,(H,12,13). The molecule has 6 heteroatoms. The van der Waals surface area contributed by atoms with Gasteiger partial charge in [0, 0.05) is 0 Å². The molecule has 0 aromatic heterocycles. The zero-order valence-corrected chi connectivity index (χ0v) is 10.7. The summed E-state index contributed by atoms with van der Waals surface area (Å²) in [6.45, 7) is 4.02. The number of sulfonamides is 1. The smallest absolute Gasteiger partial charge is 0.420 e. The number of hydrogen-bond acceptors (Lipinski definition) is 4. The Morgan fingerprint density at radius 3 is 2.18 bits per heavy atom.